The number of nitrogens with zero attached hydrogens (tertiary/aromatic N) is 4. The van der Waals surface area contributed by atoms with Crippen LogP contribution < -0.4 is 10.2 Å². The zero-order valence-corrected chi connectivity index (χ0v) is 14.7. The molecule has 1 aromatic carbocycles. The summed E-state index contributed by atoms with van der Waals surface area (Å²) in [6.45, 7) is 2.51. The van der Waals surface area contributed by atoms with Crippen molar-refractivity contribution in [2.45, 2.75) is 6.42 Å². The van der Waals surface area contributed by atoms with Crippen LogP contribution in [0.2, 0.25) is 5.02 Å². The van der Waals surface area contributed by atoms with Gasteiger partial charge in [-0.25, -0.2) is 9.78 Å². The predicted octanol–water partition coefficient (Wildman–Crippen LogP) is 3.39. The third-order valence-corrected chi connectivity index (χ3v) is 4.40. The minimum Gasteiger partial charge on any atom is -0.355 e. The number of pyridine rings is 1. The Morgan fingerprint density at radius 1 is 1.12 bits per heavy atom. The Hall–Kier alpha value is -2.87. The van der Waals surface area contributed by atoms with Crippen LogP contribution in [0.1, 0.15) is 6.42 Å². The lowest BCUT2D eigenvalue weighted by Gasteiger charge is -2.23. The van der Waals surface area contributed by atoms with E-state index in [1.54, 1.807) is 35.2 Å². The quantitative estimate of drug-likeness (QED) is 0.655. The average molecular weight is 376 g/mol. The van der Waals surface area contributed by atoms with Crippen molar-refractivity contribution in [3.8, 4) is 0 Å². The van der Waals surface area contributed by atoms with Gasteiger partial charge >= 0.3 is 6.03 Å². The van der Waals surface area contributed by atoms with Crippen molar-refractivity contribution in [2.24, 2.45) is 0 Å². The predicted molar refractivity (Wildman–Crippen MR) is 99.8 cm³/mol. The van der Waals surface area contributed by atoms with Crippen molar-refractivity contribution in [1.82, 2.24) is 9.88 Å². The standard InChI is InChI=1S/C17H18ClN5O3/c18-13-2-4-14(5-3-13)20-17(24)22-9-1-8-21(10-11-22)16-7-6-15(12-19-16)23(25)26/h2-7,12H,1,8-11H2,(H,20,24). The van der Waals surface area contributed by atoms with E-state index in [9.17, 15) is 14.9 Å². The molecule has 0 saturated carbocycles. The molecule has 136 valence electrons. The van der Waals surface area contributed by atoms with E-state index in [1.807, 2.05) is 4.90 Å². The molecule has 1 N–H and O–H groups in total. The fourth-order valence-corrected chi connectivity index (χ4v) is 2.88. The Morgan fingerprint density at radius 3 is 2.54 bits per heavy atom. The third kappa shape index (κ3) is 4.40. The minimum atomic E-state index is -0.470. The molecule has 2 aromatic rings. The van der Waals surface area contributed by atoms with Crippen molar-refractivity contribution in [3.63, 3.8) is 0 Å². The number of aromatic nitrogens is 1. The summed E-state index contributed by atoms with van der Waals surface area (Å²) < 4.78 is 0. The van der Waals surface area contributed by atoms with Gasteiger partial charge in [-0.2, -0.15) is 0 Å². The lowest BCUT2D eigenvalue weighted by atomic mass is 10.3. The minimum absolute atomic E-state index is 0.0347. The topological polar surface area (TPSA) is 91.6 Å². The molecule has 1 saturated heterocycles. The van der Waals surface area contributed by atoms with Crippen LogP contribution in [-0.2, 0) is 0 Å². The van der Waals surface area contributed by atoms with Gasteiger partial charge in [-0.3, -0.25) is 10.1 Å². The first kappa shape index (κ1) is 17.9. The summed E-state index contributed by atoms with van der Waals surface area (Å²) in [7, 11) is 0. The van der Waals surface area contributed by atoms with Crippen LogP contribution in [0.15, 0.2) is 42.6 Å². The number of rotatable bonds is 3. The maximum absolute atomic E-state index is 12.4. The highest BCUT2D eigenvalue weighted by atomic mass is 35.5. The zero-order chi connectivity index (χ0) is 18.5. The Morgan fingerprint density at radius 2 is 1.88 bits per heavy atom. The van der Waals surface area contributed by atoms with Crippen molar-refractivity contribution >= 4 is 34.8 Å². The molecule has 9 heteroatoms. The molecule has 1 aliphatic heterocycles. The van der Waals surface area contributed by atoms with E-state index in [0.717, 1.165) is 13.0 Å². The molecular weight excluding hydrogens is 358 g/mol. The molecule has 0 bridgehead atoms. The van der Waals surface area contributed by atoms with E-state index < -0.39 is 4.92 Å². The number of hydrogen-bond acceptors (Lipinski definition) is 5. The molecule has 0 unspecified atom stereocenters. The first-order valence-electron chi connectivity index (χ1n) is 8.20. The van der Waals surface area contributed by atoms with Gasteiger partial charge in [-0.15, -0.1) is 0 Å². The number of carbonyl (C=O) groups excluding carboxylic acids is 1. The highest BCUT2D eigenvalue weighted by molar-refractivity contribution is 6.30. The summed E-state index contributed by atoms with van der Waals surface area (Å²) in [5, 5.41) is 14.2. The van der Waals surface area contributed by atoms with Gasteiger partial charge < -0.3 is 15.1 Å². The van der Waals surface area contributed by atoms with Gasteiger partial charge in [0.1, 0.15) is 12.0 Å². The van der Waals surface area contributed by atoms with E-state index >= 15 is 0 Å². The van der Waals surface area contributed by atoms with Crippen LogP contribution in [0.3, 0.4) is 0 Å². The number of halogens is 1. The molecule has 0 radical (unpaired) electrons. The number of hydrogen-bond donors (Lipinski definition) is 1. The zero-order valence-electron chi connectivity index (χ0n) is 14.0. The molecular formula is C17H18ClN5O3. The molecule has 3 rings (SSSR count). The highest BCUT2D eigenvalue weighted by Crippen LogP contribution is 2.18. The van der Waals surface area contributed by atoms with Crippen molar-refractivity contribution < 1.29 is 9.72 Å². The Kier molecular flexibility index (Phi) is 5.52. The van der Waals surface area contributed by atoms with E-state index in [1.165, 1.54) is 12.3 Å². The largest absolute Gasteiger partial charge is 0.355 e. The summed E-state index contributed by atoms with van der Waals surface area (Å²) in [5.41, 5.74) is 0.657. The van der Waals surface area contributed by atoms with E-state index in [0.29, 0.717) is 36.2 Å². The molecule has 0 atom stereocenters. The molecule has 0 spiro atoms. The Bertz CT molecular complexity index is 782. The van der Waals surface area contributed by atoms with Crippen LogP contribution in [-0.4, -0.2) is 47.0 Å². The third-order valence-electron chi connectivity index (χ3n) is 4.15. The van der Waals surface area contributed by atoms with Gasteiger partial charge in [0, 0.05) is 43.0 Å². The van der Waals surface area contributed by atoms with Crippen LogP contribution in [0.5, 0.6) is 0 Å². The number of anilines is 2. The molecule has 1 aromatic heterocycles. The van der Waals surface area contributed by atoms with Crippen molar-refractivity contribution in [3.05, 3.63) is 57.7 Å². The van der Waals surface area contributed by atoms with Crippen LogP contribution in [0, 0.1) is 10.1 Å². The van der Waals surface area contributed by atoms with Gasteiger partial charge in [0.05, 0.1) is 4.92 Å². The summed E-state index contributed by atoms with van der Waals surface area (Å²) in [4.78, 5) is 30.6. The second-order valence-electron chi connectivity index (χ2n) is 5.90. The van der Waals surface area contributed by atoms with Gasteiger partial charge in [0.15, 0.2) is 0 Å². The van der Waals surface area contributed by atoms with Crippen molar-refractivity contribution in [2.75, 3.05) is 36.4 Å². The second kappa shape index (κ2) is 8.01. The molecule has 2 amide bonds. The van der Waals surface area contributed by atoms with Gasteiger partial charge in [-0.05, 0) is 36.8 Å². The fraction of sp³-hybridized carbons (Fsp3) is 0.294. The average Bonchev–Trinajstić information content (AvgIpc) is 2.90. The first-order chi connectivity index (χ1) is 12.5. The van der Waals surface area contributed by atoms with Crippen LogP contribution in [0.25, 0.3) is 0 Å². The molecule has 26 heavy (non-hydrogen) atoms. The molecule has 8 nitrogen and oxygen atoms in total. The van der Waals surface area contributed by atoms with Gasteiger partial charge in [0.25, 0.3) is 5.69 Å². The normalized spacial score (nSPS) is 14.7. The number of nitro groups is 1. The van der Waals surface area contributed by atoms with E-state index in [4.69, 9.17) is 11.6 Å². The molecule has 1 fully saturated rings. The maximum Gasteiger partial charge on any atom is 0.321 e. The molecule has 0 aliphatic carbocycles. The fourth-order valence-electron chi connectivity index (χ4n) is 2.76. The van der Waals surface area contributed by atoms with Gasteiger partial charge in [0.2, 0.25) is 0 Å². The van der Waals surface area contributed by atoms with Crippen molar-refractivity contribution in [1.29, 1.82) is 0 Å². The van der Waals surface area contributed by atoms with Gasteiger partial charge in [-0.1, -0.05) is 11.6 Å². The number of urea groups is 1. The second-order valence-corrected chi connectivity index (χ2v) is 6.33. The maximum atomic E-state index is 12.4. The van der Waals surface area contributed by atoms with E-state index in [2.05, 4.69) is 10.3 Å². The lowest BCUT2D eigenvalue weighted by molar-refractivity contribution is -0.385. The first-order valence-corrected chi connectivity index (χ1v) is 8.57. The van der Waals surface area contributed by atoms with Crippen LogP contribution in [0.4, 0.5) is 22.0 Å². The smallest absolute Gasteiger partial charge is 0.321 e. The number of carbonyl (C=O) groups is 1. The number of benzene rings is 1. The number of amides is 2. The Labute approximate surface area is 155 Å². The summed E-state index contributed by atoms with van der Waals surface area (Å²) in [5.74, 6) is 0.676. The van der Waals surface area contributed by atoms with Crippen LogP contribution >= 0.6 is 11.6 Å². The highest BCUT2D eigenvalue weighted by Gasteiger charge is 2.20. The number of nitrogens with one attached hydrogen (secondary N) is 1. The Balaban J connectivity index is 1.59. The summed E-state index contributed by atoms with van der Waals surface area (Å²) in [6, 6.07) is 9.88. The lowest BCUT2D eigenvalue weighted by Crippen LogP contribution is -2.38. The summed E-state index contributed by atoms with van der Waals surface area (Å²) >= 11 is 5.85. The van der Waals surface area contributed by atoms with E-state index in [-0.39, 0.29) is 11.7 Å². The SMILES string of the molecule is O=C(Nc1ccc(Cl)cc1)N1CCCN(c2ccc([N+](=O)[O-])cn2)CC1. The molecule has 2 heterocycles. The molecule has 1 aliphatic rings. The monoisotopic (exact) mass is 375 g/mol. The summed E-state index contributed by atoms with van der Waals surface area (Å²) in [6.07, 6.45) is 2.04.